The number of hydrogen-bond donors (Lipinski definition) is 0. The summed E-state index contributed by atoms with van der Waals surface area (Å²) in [7, 11) is 0. The van der Waals surface area contributed by atoms with Gasteiger partial charge in [-0.3, -0.25) is 9.59 Å². The van der Waals surface area contributed by atoms with Crippen LogP contribution in [0.25, 0.3) is 0 Å². The van der Waals surface area contributed by atoms with Gasteiger partial charge in [0, 0.05) is 0 Å². The topological polar surface area (TPSA) is 52.6 Å². The normalized spacial score (nSPS) is 34.4. The summed E-state index contributed by atoms with van der Waals surface area (Å²) < 4.78 is 47.1. The van der Waals surface area contributed by atoms with Crippen LogP contribution in [0.15, 0.2) is 0 Å². The maximum atomic E-state index is 12.6. The highest BCUT2D eigenvalue weighted by molar-refractivity contribution is 5.84. The van der Waals surface area contributed by atoms with Crippen LogP contribution in [0.3, 0.4) is 0 Å². The molecule has 0 aromatic rings. The Morgan fingerprint density at radius 2 is 1.80 bits per heavy atom. The summed E-state index contributed by atoms with van der Waals surface area (Å²) in [5.41, 5.74) is -1.18. The van der Waals surface area contributed by atoms with Gasteiger partial charge in [0.1, 0.15) is 0 Å². The molecule has 0 N–H and O–H groups in total. The van der Waals surface area contributed by atoms with Crippen molar-refractivity contribution in [2.45, 2.75) is 53.1 Å². The third kappa shape index (κ3) is 4.29. The Hall–Kier alpha value is -1.27. The molecule has 5 unspecified atom stereocenters. The Morgan fingerprint density at radius 3 is 2.28 bits per heavy atom. The quantitative estimate of drug-likeness (QED) is 0.669. The molecule has 0 saturated heterocycles. The van der Waals surface area contributed by atoms with E-state index in [0.717, 1.165) is 6.42 Å². The predicted molar refractivity (Wildman–Crippen MR) is 84.4 cm³/mol. The lowest BCUT2D eigenvalue weighted by atomic mass is 9.64. The number of fused-ring (bicyclic) bond motifs is 2. The number of halogens is 3. The fourth-order valence-electron chi connectivity index (χ4n) is 4.54. The summed E-state index contributed by atoms with van der Waals surface area (Å²) in [6.07, 6.45) is -3.63. The molecule has 4 nitrogen and oxygen atoms in total. The molecule has 7 heteroatoms. The molecule has 0 aromatic carbocycles. The molecule has 0 aliphatic heterocycles. The SMILES string of the molecule is CC(C)COC(=O)CC1(C(=O)OCC(F)(F)F)CC2CC1C(C)C2C. The molecule has 144 valence electrons. The van der Waals surface area contributed by atoms with E-state index in [1.807, 2.05) is 20.8 Å². The van der Waals surface area contributed by atoms with Crippen molar-refractivity contribution < 1.29 is 32.2 Å². The lowest BCUT2D eigenvalue weighted by molar-refractivity contribution is -0.198. The van der Waals surface area contributed by atoms with Crippen molar-refractivity contribution in [1.29, 1.82) is 0 Å². The Labute approximate surface area is 146 Å². The zero-order valence-corrected chi connectivity index (χ0v) is 15.2. The fraction of sp³-hybridized carbons (Fsp3) is 0.889. The summed E-state index contributed by atoms with van der Waals surface area (Å²) in [5.74, 6) is -0.648. The lowest BCUT2D eigenvalue weighted by Crippen LogP contribution is -2.45. The monoisotopic (exact) mass is 364 g/mol. The Morgan fingerprint density at radius 1 is 1.16 bits per heavy atom. The van der Waals surface area contributed by atoms with Crippen molar-refractivity contribution in [3.63, 3.8) is 0 Å². The number of carbonyl (C=O) groups excluding carboxylic acids is 2. The molecule has 2 aliphatic carbocycles. The van der Waals surface area contributed by atoms with Crippen molar-refractivity contribution in [3.8, 4) is 0 Å². The van der Waals surface area contributed by atoms with E-state index in [2.05, 4.69) is 11.7 Å². The van der Waals surface area contributed by atoms with Gasteiger partial charge in [0.15, 0.2) is 6.61 Å². The number of ether oxygens (including phenoxy) is 2. The van der Waals surface area contributed by atoms with Crippen molar-refractivity contribution in [3.05, 3.63) is 0 Å². The smallest absolute Gasteiger partial charge is 0.422 e. The standard InChI is InChI=1S/C18H27F3O4/c1-10(2)8-24-15(22)7-17(16(23)25-9-18(19,20)21)6-13-5-14(17)12(4)11(13)3/h10-14H,5-9H2,1-4H3. The molecular weight excluding hydrogens is 337 g/mol. The van der Waals surface area contributed by atoms with E-state index >= 15 is 0 Å². The van der Waals surface area contributed by atoms with Gasteiger partial charge in [-0.25, -0.2) is 0 Å². The van der Waals surface area contributed by atoms with Gasteiger partial charge in [-0.15, -0.1) is 0 Å². The van der Waals surface area contributed by atoms with Gasteiger partial charge in [0.2, 0.25) is 0 Å². The average Bonchev–Trinajstić information content (AvgIpc) is 3.00. The maximum Gasteiger partial charge on any atom is 0.422 e. The first-order valence-electron chi connectivity index (χ1n) is 8.86. The summed E-state index contributed by atoms with van der Waals surface area (Å²) in [6, 6.07) is 0. The van der Waals surface area contributed by atoms with Gasteiger partial charge in [0.05, 0.1) is 18.4 Å². The molecular formula is C18H27F3O4. The fourth-order valence-corrected chi connectivity index (χ4v) is 4.54. The number of rotatable bonds is 6. The highest BCUT2D eigenvalue weighted by Crippen LogP contribution is 2.63. The van der Waals surface area contributed by atoms with Crippen LogP contribution < -0.4 is 0 Å². The van der Waals surface area contributed by atoms with Crippen LogP contribution in [0.2, 0.25) is 0 Å². The number of alkyl halides is 3. The van der Waals surface area contributed by atoms with Crippen molar-refractivity contribution in [2.75, 3.05) is 13.2 Å². The van der Waals surface area contributed by atoms with Crippen LogP contribution in [0.5, 0.6) is 0 Å². The van der Waals surface area contributed by atoms with Crippen molar-refractivity contribution in [2.24, 2.45) is 35.0 Å². The summed E-state index contributed by atoms with van der Waals surface area (Å²) >= 11 is 0. The second kappa shape index (κ2) is 7.16. The van der Waals surface area contributed by atoms with Crippen LogP contribution in [0.4, 0.5) is 13.2 Å². The third-order valence-electron chi connectivity index (χ3n) is 5.91. The van der Waals surface area contributed by atoms with E-state index in [0.29, 0.717) is 12.3 Å². The largest absolute Gasteiger partial charge is 0.465 e. The number of esters is 2. The molecule has 2 fully saturated rings. The first-order valence-corrected chi connectivity index (χ1v) is 8.86. The Balaban J connectivity index is 2.16. The molecule has 5 atom stereocenters. The highest BCUT2D eigenvalue weighted by atomic mass is 19.4. The zero-order chi connectivity index (χ0) is 19.0. The summed E-state index contributed by atoms with van der Waals surface area (Å²) in [6.45, 7) is 6.49. The van der Waals surface area contributed by atoms with E-state index in [1.54, 1.807) is 0 Å². The van der Waals surface area contributed by atoms with Crippen LogP contribution in [-0.4, -0.2) is 31.3 Å². The molecule has 0 aromatic heterocycles. The van der Waals surface area contributed by atoms with E-state index in [4.69, 9.17) is 4.74 Å². The number of carbonyl (C=O) groups is 2. The van der Waals surface area contributed by atoms with Crippen molar-refractivity contribution >= 4 is 11.9 Å². The van der Waals surface area contributed by atoms with Crippen LogP contribution >= 0.6 is 0 Å². The van der Waals surface area contributed by atoms with E-state index in [1.165, 1.54) is 0 Å². The minimum atomic E-state index is -4.58. The van der Waals surface area contributed by atoms with Gasteiger partial charge >= 0.3 is 18.1 Å². The molecule has 2 bridgehead atoms. The summed E-state index contributed by atoms with van der Waals surface area (Å²) in [4.78, 5) is 24.8. The second-order valence-corrected chi connectivity index (χ2v) is 8.13. The number of hydrogen-bond acceptors (Lipinski definition) is 4. The molecule has 0 heterocycles. The molecule has 2 saturated carbocycles. The minimum absolute atomic E-state index is 0.139. The van der Waals surface area contributed by atoms with Gasteiger partial charge in [-0.1, -0.05) is 27.7 Å². The summed E-state index contributed by atoms with van der Waals surface area (Å²) in [5, 5.41) is 0. The van der Waals surface area contributed by atoms with Crippen molar-refractivity contribution in [1.82, 2.24) is 0 Å². The first kappa shape index (κ1) is 20.0. The zero-order valence-electron chi connectivity index (χ0n) is 15.2. The first-order chi connectivity index (χ1) is 11.5. The van der Waals surface area contributed by atoms with Crippen LogP contribution in [0.1, 0.15) is 47.0 Å². The van der Waals surface area contributed by atoms with Gasteiger partial charge in [0.25, 0.3) is 0 Å². The highest BCUT2D eigenvalue weighted by Gasteiger charge is 2.62. The average molecular weight is 364 g/mol. The van der Waals surface area contributed by atoms with Gasteiger partial charge in [-0.05, 0) is 42.4 Å². The molecule has 25 heavy (non-hydrogen) atoms. The predicted octanol–water partition coefficient (Wildman–Crippen LogP) is 3.98. The Bertz CT molecular complexity index is 515. The molecule has 2 aliphatic rings. The second-order valence-electron chi connectivity index (χ2n) is 8.13. The van der Waals surface area contributed by atoms with Crippen LogP contribution in [-0.2, 0) is 19.1 Å². The third-order valence-corrected chi connectivity index (χ3v) is 5.91. The van der Waals surface area contributed by atoms with E-state index in [9.17, 15) is 22.8 Å². The molecule has 0 spiro atoms. The Kier molecular flexibility index (Phi) is 5.74. The molecule has 0 radical (unpaired) electrons. The van der Waals surface area contributed by atoms with E-state index < -0.39 is 30.1 Å². The van der Waals surface area contributed by atoms with Gasteiger partial charge in [-0.2, -0.15) is 13.2 Å². The van der Waals surface area contributed by atoms with Gasteiger partial charge < -0.3 is 9.47 Å². The maximum absolute atomic E-state index is 12.6. The minimum Gasteiger partial charge on any atom is -0.465 e. The van der Waals surface area contributed by atoms with E-state index in [-0.39, 0.29) is 36.7 Å². The molecule has 0 amide bonds. The van der Waals surface area contributed by atoms with Crippen LogP contribution in [0, 0.1) is 35.0 Å². The molecule has 2 rings (SSSR count). The lowest BCUT2D eigenvalue weighted by Gasteiger charge is -2.40.